The molecule has 1 heterocycles. The molecule has 0 aliphatic heterocycles. The summed E-state index contributed by atoms with van der Waals surface area (Å²) in [5.41, 5.74) is 7.32. The van der Waals surface area contributed by atoms with Crippen LogP contribution in [0, 0.1) is 0 Å². The van der Waals surface area contributed by atoms with E-state index >= 15 is 0 Å². The lowest BCUT2D eigenvalue weighted by atomic mass is 9.94. The molecule has 0 aliphatic rings. The molecule has 6 heteroatoms. The summed E-state index contributed by atoms with van der Waals surface area (Å²) >= 11 is 6.14. The number of nitrogens with two attached hydrogens (primary N) is 1. The molecule has 1 amide bonds. The van der Waals surface area contributed by atoms with Crippen molar-refractivity contribution in [1.82, 2.24) is 15.1 Å². The molecule has 0 fully saturated rings. The van der Waals surface area contributed by atoms with Crippen LogP contribution in [0.25, 0.3) is 0 Å². The topological polar surface area (TPSA) is 72.9 Å². The average Bonchev–Trinajstić information content (AvgIpc) is 3.03. The second-order valence-electron chi connectivity index (χ2n) is 5.77. The highest BCUT2D eigenvalue weighted by Gasteiger charge is 2.21. The summed E-state index contributed by atoms with van der Waals surface area (Å²) in [5, 5.41) is 7.80. The van der Waals surface area contributed by atoms with Gasteiger partial charge < -0.3 is 11.1 Å². The summed E-state index contributed by atoms with van der Waals surface area (Å²) in [6.07, 6.45) is 4.90. The first kappa shape index (κ1) is 17.5. The van der Waals surface area contributed by atoms with Crippen molar-refractivity contribution in [3.8, 4) is 0 Å². The Morgan fingerprint density at radius 3 is 2.70 bits per heavy atom. The van der Waals surface area contributed by atoms with E-state index in [-0.39, 0.29) is 11.4 Å². The third-order valence-electron chi connectivity index (χ3n) is 4.19. The fraction of sp³-hybridized carbons (Fsp3) is 0.412. The minimum Gasteiger partial charge on any atom is -0.350 e. The van der Waals surface area contributed by atoms with Gasteiger partial charge in [-0.25, -0.2) is 0 Å². The zero-order chi connectivity index (χ0) is 16.9. The van der Waals surface area contributed by atoms with Crippen LogP contribution in [0.3, 0.4) is 0 Å². The number of hydrogen-bond donors (Lipinski definition) is 2. The van der Waals surface area contributed by atoms with Crippen LogP contribution in [0.5, 0.6) is 0 Å². The number of amides is 1. The molecule has 0 spiro atoms. The highest BCUT2D eigenvalue weighted by molar-refractivity contribution is 6.31. The quantitative estimate of drug-likeness (QED) is 0.817. The number of halogens is 1. The largest absolute Gasteiger partial charge is 0.350 e. The van der Waals surface area contributed by atoms with Crippen LogP contribution < -0.4 is 11.1 Å². The van der Waals surface area contributed by atoms with Crippen molar-refractivity contribution in [2.75, 3.05) is 6.54 Å². The zero-order valence-electron chi connectivity index (χ0n) is 13.6. The number of nitrogens with one attached hydrogen (secondary N) is 1. The molecule has 1 aromatic carbocycles. The molecule has 5 nitrogen and oxygen atoms in total. The molecule has 0 saturated heterocycles. The summed E-state index contributed by atoms with van der Waals surface area (Å²) in [6.45, 7) is 5.03. The summed E-state index contributed by atoms with van der Waals surface area (Å²) in [7, 11) is 0. The van der Waals surface area contributed by atoms with Crippen molar-refractivity contribution >= 4 is 17.5 Å². The molecule has 0 radical (unpaired) electrons. The van der Waals surface area contributed by atoms with E-state index in [0.717, 1.165) is 18.4 Å². The summed E-state index contributed by atoms with van der Waals surface area (Å²) < 4.78 is 1.70. The maximum Gasteiger partial charge on any atom is 0.254 e. The predicted molar refractivity (Wildman–Crippen MR) is 92.6 cm³/mol. The summed E-state index contributed by atoms with van der Waals surface area (Å²) in [4.78, 5) is 12.2. The van der Waals surface area contributed by atoms with Gasteiger partial charge in [-0.15, -0.1) is 0 Å². The lowest BCUT2D eigenvalue weighted by Crippen LogP contribution is -2.49. The van der Waals surface area contributed by atoms with Crippen molar-refractivity contribution < 1.29 is 4.79 Å². The second-order valence-corrected chi connectivity index (χ2v) is 6.18. The van der Waals surface area contributed by atoms with Crippen LogP contribution in [-0.2, 0) is 6.54 Å². The van der Waals surface area contributed by atoms with Gasteiger partial charge in [0.2, 0.25) is 0 Å². The molecule has 1 aromatic heterocycles. The third-order valence-corrected chi connectivity index (χ3v) is 4.56. The first-order chi connectivity index (χ1) is 11.0. The third kappa shape index (κ3) is 4.56. The monoisotopic (exact) mass is 334 g/mol. The van der Waals surface area contributed by atoms with E-state index < -0.39 is 0 Å². The smallest absolute Gasteiger partial charge is 0.254 e. The molecule has 23 heavy (non-hydrogen) atoms. The van der Waals surface area contributed by atoms with E-state index in [1.165, 1.54) is 0 Å². The van der Waals surface area contributed by atoms with Crippen LogP contribution >= 0.6 is 11.6 Å². The molecule has 2 rings (SSSR count). The van der Waals surface area contributed by atoms with Gasteiger partial charge in [-0.05, 0) is 24.5 Å². The minimum absolute atomic E-state index is 0.160. The number of aromatic nitrogens is 2. The molecule has 0 atom stereocenters. The van der Waals surface area contributed by atoms with Gasteiger partial charge in [-0.3, -0.25) is 9.48 Å². The van der Waals surface area contributed by atoms with Crippen molar-refractivity contribution in [3.05, 3.63) is 52.8 Å². The Morgan fingerprint density at radius 2 is 2.04 bits per heavy atom. The standard InChI is InChI=1S/C17H23ClN4O/c1-3-17(19,4-2)12-20-16(23)14-9-21-22(11-14)10-13-7-5-6-8-15(13)18/h5-9,11H,3-4,10,12,19H2,1-2H3,(H,20,23). The van der Waals surface area contributed by atoms with E-state index in [4.69, 9.17) is 17.3 Å². The van der Waals surface area contributed by atoms with Gasteiger partial charge in [0, 0.05) is 23.3 Å². The SMILES string of the molecule is CCC(N)(CC)CNC(=O)c1cnn(Cc2ccccc2Cl)c1. The Morgan fingerprint density at radius 1 is 1.35 bits per heavy atom. The molecule has 3 N–H and O–H groups in total. The second kappa shape index (κ2) is 7.62. The molecule has 124 valence electrons. The lowest BCUT2D eigenvalue weighted by molar-refractivity contribution is 0.0942. The molecule has 0 saturated carbocycles. The van der Waals surface area contributed by atoms with Gasteiger partial charge in [0.1, 0.15) is 0 Å². The van der Waals surface area contributed by atoms with Gasteiger partial charge in [-0.2, -0.15) is 5.10 Å². The first-order valence-corrected chi connectivity index (χ1v) is 8.18. The van der Waals surface area contributed by atoms with Gasteiger partial charge in [0.25, 0.3) is 5.91 Å². The molecular formula is C17H23ClN4O. The molecule has 0 aliphatic carbocycles. The summed E-state index contributed by atoms with van der Waals surface area (Å²) in [5.74, 6) is -0.160. The Kier molecular flexibility index (Phi) is 5.80. The van der Waals surface area contributed by atoms with Crippen molar-refractivity contribution in [1.29, 1.82) is 0 Å². The zero-order valence-corrected chi connectivity index (χ0v) is 14.3. The maximum absolute atomic E-state index is 12.2. The van der Waals surface area contributed by atoms with Gasteiger partial charge in [-0.1, -0.05) is 43.6 Å². The van der Waals surface area contributed by atoms with Crippen molar-refractivity contribution in [3.63, 3.8) is 0 Å². The molecular weight excluding hydrogens is 312 g/mol. The van der Waals surface area contributed by atoms with Crippen LogP contribution in [0.2, 0.25) is 5.02 Å². The number of carbonyl (C=O) groups is 1. The van der Waals surface area contributed by atoms with Gasteiger partial charge >= 0.3 is 0 Å². The number of nitrogens with zero attached hydrogens (tertiary/aromatic N) is 2. The van der Waals surface area contributed by atoms with E-state index in [0.29, 0.717) is 23.7 Å². The molecule has 2 aromatic rings. The molecule has 0 unspecified atom stereocenters. The van der Waals surface area contributed by atoms with E-state index in [2.05, 4.69) is 10.4 Å². The lowest BCUT2D eigenvalue weighted by Gasteiger charge is -2.26. The van der Waals surface area contributed by atoms with Crippen LogP contribution in [0.15, 0.2) is 36.7 Å². The van der Waals surface area contributed by atoms with Gasteiger partial charge in [0.05, 0.1) is 18.3 Å². The normalized spacial score (nSPS) is 11.5. The fourth-order valence-corrected chi connectivity index (χ4v) is 2.42. The first-order valence-electron chi connectivity index (χ1n) is 7.80. The van der Waals surface area contributed by atoms with Crippen molar-refractivity contribution in [2.24, 2.45) is 5.73 Å². The Balaban J connectivity index is 1.99. The number of rotatable bonds is 7. The minimum atomic E-state index is -0.358. The Hall–Kier alpha value is -1.85. The van der Waals surface area contributed by atoms with Crippen molar-refractivity contribution in [2.45, 2.75) is 38.8 Å². The van der Waals surface area contributed by atoms with Gasteiger partial charge in [0.15, 0.2) is 0 Å². The van der Waals surface area contributed by atoms with E-state index in [1.54, 1.807) is 17.1 Å². The van der Waals surface area contributed by atoms with E-state index in [9.17, 15) is 4.79 Å². The average molecular weight is 335 g/mol. The summed E-state index contributed by atoms with van der Waals surface area (Å²) in [6, 6.07) is 7.59. The predicted octanol–water partition coefficient (Wildman–Crippen LogP) is 2.83. The maximum atomic E-state index is 12.2. The van der Waals surface area contributed by atoms with Crippen LogP contribution in [0.1, 0.15) is 42.6 Å². The number of carbonyl (C=O) groups excluding carboxylic acids is 1. The molecule has 0 bridgehead atoms. The Bertz CT molecular complexity index is 664. The number of hydrogen-bond acceptors (Lipinski definition) is 3. The fourth-order valence-electron chi connectivity index (χ4n) is 2.23. The van der Waals surface area contributed by atoms with Crippen LogP contribution in [-0.4, -0.2) is 27.8 Å². The number of benzene rings is 1. The highest BCUT2D eigenvalue weighted by atomic mass is 35.5. The highest BCUT2D eigenvalue weighted by Crippen LogP contribution is 2.16. The van der Waals surface area contributed by atoms with E-state index in [1.807, 2.05) is 38.1 Å². The Labute approximate surface area is 141 Å². The van der Waals surface area contributed by atoms with Crippen LogP contribution in [0.4, 0.5) is 0 Å².